The minimum atomic E-state index is -0.431. The lowest BCUT2D eigenvalue weighted by atomic mass is 10.1. The van der Waals surface area contributed by atoms with E-state index in [1.54, 1.807) is 25.3 Å². The van der Waals surface area contributed by atoms with Gasteiger partial charge in [-0.2, -0.15) is 0 Å². The molecule has 0 bridgehead atoms. The normalized spacial score (nSPS) is 12.9. The van der Waals surface area contributed by atoms with Crippen LogP contribution in [0.1, 0.15) is 32.7 Å². The molecule has 0 saturated carbocycles. The molecule has 4 amide bonds. The molecule has 2 N–H and O–H groups in total. The fraction of sp³-hybridized carbons (Fsp3) is 0.250. The molecule has 2 aromatic carbocycles. The SMILES string of the molecule is COCCCN1C(=O)c2ccc(NC(=O)Nc3ccc(Br)cc3C)cc2C1=O. The summed E-state index contributed by atoms with van der Waals surface area (Å²) in [5.41, 5.74) is 2.66. The molecular formula is C20H20BrN3O4. The molecule has 0 aliphatic carbocycles. The summed E-state index contributed by atoms with van der Waals surface area (Å²) in [6.07, 6.45) is 0.571. The molecule has 1 aliphatic rings. The van der Waals surface area contributed by atoms with E-state index in [9.17, 15) is 14.4 Å². The van der Waals surface area contributed by atoms with Crippen molar-refractivity contribution in [1.29, 1.82) is 0 Å². The maximum absolute atomic E-state index is 12.5. The third-order valence-electron chi connectivity index (χ3n) is 4.40. The Balaban J connectivity index is 1.70. The molecule has 0 aromatic heterocycles. The number of imide groups is 1. The van der Waals surface area contributed by atoms with Crippen LogP contribution in [0.15, 0.2) is 40.9 Å². The highest BCUT2D eigenvalue weighted by Crippen LogP contribution is 2.26. The van der Waals surface area contributed by atoms with Gasteiger partial charge in [-0.1, -0.05) is 15.9 Å². The van der Waals surface area contributed by atoms with Crippen LogP contribution in [0.25, 0.3) is 0 Å². The summed E-state index contributed by atoms with van der Waals surface area (Å²) in [5, 5.41) is 5.47. The van der Waals surface area contributed by atoms with Crippen molar-refractivity contribution in [1.82, 2.24) is 4.90 Å². The second-order valence-corrected chi connectivity index (χ2v) is 7.32. The highest BCUT2D eigenvalue weighted by atomic mass is 79.9. The zero-order valence-corrected chi connectivity index (χ0v) is 17.1. The van der Waals surface area contributed by atoms with Crippen LogP contribution in [0, 0.1) is 6.92 Å². The van der Waals surface area contributed by atoms with Crippen LogP contribution in [0.2, 0.25) is 0 Å². The predicted molar refractivity (Wildman–Crippen MR) is 110 cm³/mol. The Bertz CT molecular complexity index is 945. The molecule has 8 heteroatoms. The van der Waals surface area contributed by atoms with Gasteiger partial charge in [0.15, 0.2) is 0 Å². The summed E-state index contributed by atoms with van der Waals surface area (Å²) in [6, 6.07) is 9.79. The van der Waals surface area contributed by atoms with Crippen LogP contribution in [-0.2, 0) is 4.74 Å². The van der Waals surface area contributed by atoms with E-state index in [2.05, 4.69) is 26.6 Å². The van der Waals surface area contributed by atoms with Gasteiger partial charge < -0.3 is 15.4 Å². The summed E-state index contributed by atoms with van der Waals surface area (Å²) in [4.78, 5) is 38.4. The molecule has 0 atom stereocenters. The number of rotatable bonds is 6. The number of nitrogens with one attached hydrogen (secondary N) is 2. The van der Waals surface area contributed by atoms with Crippen LogP contribution in [0.4, 0.5) is 16.2 Å². The van der Waals surface area contributed by atoms with Gasteiger partial charge in [-0.3, -0.25) is 14.5 Å². The fourth-order valence-electron chi connectivity index (χ4n) is 2.99. The molecule has 7 nitrogen and oxygen atoms in total. The summed E-state index contributed by atoms with van der Waals surface area (Å²) in [7, 11) is 1.57. The van der Waals surface area contributed by atoms with E-state index in [1.807, 2.05) is 19.1 Å². The smallest absolute Gasteiger partial charge is 0.323 e. The summed E-state index contributed by atoms with van der Waals surface area (Å²) >= 11 is 3.38. The number of ether oxygens (including phenoxy) is 1. The topological polar surface area (TPSA) is 87.7 Å². The predicted octanol–water partition coefficient (Wildman–Crippen LogP) is 4.03. The van der Waals surface area contributed by atoms with Crippen molar-refractivity contribution in [2.75, 3.05) is 30.9 Å². The number of hydrogen-bond acceptors (Lipinski definition) is 4. The third kappa shape index (κ3) is 4.23. The number of hydrogen-bond donors (Lipinski definition) is 2. The zero-order valence-electron chi connectivity index (χ0n) is 15.5. The average molecular weight is 446 g/mol. The second kappa shape index (κ2) is 8.53. The van der Waals surface area contributed by atoms with Gasteiger partial charge in [0.05, 0.1) is 11.1 Å². The Morgan fingerprint density at radius 1 is 1.07 bits per heavy atom. The average Bonchev–Trinajstić information content (AvgIpc) is 2.89. The van der Waals surface area contributed by atoms with Crippen LogP contribution in [0.5, 0.6) is 0 Å². The molecule has 0 unspecified atom stereocenters. The van der Waals surface area contributed by atoms with Gasteiger partial charge in [-0.25, -0.2) is 4.79 Å². The van der Waals surface area contributed by atoms with E-state index in [0.29, 0.717) is 42.1 Å². The number of amides is 4. The van der Waals surface area contributed by atoms with Crippen molar-refractivity contribution in [3.63, 3.8) is 0 Å². The van der Waals surface area contributed by atoms with E-state index in [1.165, 1.54) is 11.0 Å². The molecule has 1 aliphatic heterocycles. The number of nitrogens with zero attached hydrogens (tertiary/aromatic N) is 1. The lowest BCUT2D eigenvalue weighted by Gasteiger charge is -2.12. The van der Waals surface area contributed by atoms with Crippen molar-refractivity contribution in [3.8, 4) is 0 Å². The number of fused-ring (bicyclic) bond motifs is 1. The van der Waals surface area contributed by atoms with Gasteiger partial charge in [-0.05, 0) is 55.3 Å². The Kier molecular flexibility index (Phi) is 6.11. The Hall–Kier alpha value is -2.71. The second-order valence-electron chi connectivity index (χ2n) is 6.41. The highest BCUT2D eigenvalue weighted by molar-refractivity contribution is 9.10. The van der Waals surface area contributed by atoms with Gasteiger partial charge in [0, 0.05) is 36.1 Å². The Morgan fingerprint density at radius 2 is 1.82 bits per heavy atom. The number of urea groups is 1. The lowest BCUT2D eigenvalue weighted by molar-refractivity contribution is 0.0638. The van der Waals surface area contributed by atoms with Crippen LogP contribution in [0.3, 0.4) is 0 Å². The van der Waals surface area contributed by atoms with Gasteiger partial charge in [0.1, 0.15) is 0 Å². The standard InChI is InChI=1S/C20H20BrN3O4/c1-12-10-13(21)4-7-17(12)23-20(27)22-14-5-6-15-16(11-14)19(26)24(18(15)25)8-3-9-28-2/h4-7,10-11H,3,8-9H2,1-2H3,(H2,22,23,27). The third-order valence-corrected chi connectivity index (χ3v) is 4.89. The van der Waals surface area contributed by atoms with Crippen LogP contribution >= 0.6 is 15.9 Å². The fourth-order valence-corrected chi connectivity index (χ4v) is 3.47. The number of anilines is 2. The monoisotopic (exact) mass is 445 g/mol. The molecule has 146 valence electrons. The summed E-state index contributed by atoms with van der Waals surface area (Å²) in [6.45, 7) is 2.65. The molecule has 28 heavy (non-hydrogen) atoms. The number of halogens is 1. The van der Waals surface area contributed by atoms with Crippen molar-refractivity contribution in [2.24, 2.45) is 0 Å². The first kappa shape index (κ1) is 20.0. The van der Waals surface area contributed by atoms with E-state index < -0.39 is 6.03 Å². The highest BCUT2D eigenvalue weighted by Gasteiger charge is 2.35. The van der Waals surface area contributed by atoms with Gasteiger partial charge in [0.25, 0.3) is 11.8 Å². The molecule has 3 rings (SSSR count). The largest absolute Gasteiger partial charge is 0.385 e. The van der Waals surface area contributed by atoms with E-state index >= 15 is 0 Å². The Labute approximate surface area is 171 Å². The van der Waals surface area contributed by atoms with Gasteiger partial charge >= 0.3 is 6.03 Å². The number of benzene rings is 2. The number of methoxy groups -OCH3 is 1. The van der Waals surface area contributed by atoms with E-state index in [-0.39, 0.29) is 11.8 Å². The first-order valence-corrected chi connectivity index (χ1v) is 9.53. The van der Waals surface area contributed by atoms with Crippen molar-refractivity contribution in [2.45, 2.75) is 13.3 Å². The van der Waals surface area contributed by atoms with E-state index in [0.717, 1.165) is 10.0 Å². The lowest BCUT2D eigenvalue weighted by Crippen LogP contribution is -2.31. The first-order valence-electron chi connectivity index (χ1n) is 8.74. The Morgan fingerprint density at radius 3 is 2.54 bits per heavy atom. The van der Waals surface area contributed by atoms with Crippen molar-refractivity contribution in [3.05, 3.63) is 57.6 Å². The minimum Gasteiger partial charge on any atom is -0.385 e. The molecule has 0 spiro atoms. The maximum Gasteiger partial charge on any atom is 0.323 e. The number of carbonyl (C=O) groups is 3. The molecular weight excluding hydrogens is 426 g/mol. The zero-order chi connectivity index (χ0) is 20.3. The molecule has 0 radical (unpaired) electrons. The molecule has 1 heterocycles. The number of carbonyl (C=O) groups excluding carboxylic acids is 3. The molecule has 2 aromatic rings. The van der Waals surface area contributed by atoms with Crippen LogP contribution < -0.4 is 10.6 Å². The molecule has 0 saturated heterocycles. The van der Waals surface area contributed by atoms with E-state index in [4.69, 9.17) is 4.74 Å². The van der Waals surface area contributed by atoms with Crippen LogP contribution in [-0.4, -0.2) is 43.0 Å². The minimum absolute atomic E-state index is 0.292. The van der Waals surface area contributed by atoms with Crippen molar-refractivity contribution < 1.29 is 19.1 Å². The maximum atomic E-state index is 12.5. The first-order chi connectivity index (χ1) is 13.4. The quantitative estimate of drug-likeness (QED) is 0.518. The van der Waals surface area contributed by atoms with Crippen molar-refractivity contribution >= 4 is 45.2 Å². The van der Waals surface area contributed by atoms with Gasteiger partial charge in [-0.15, -0.1) is 0 Å². The summed E-state index contributed by atoms with van der Waals surface area (Å²) in [5.74, 6) is -0.679. The summed E-state index contributed by atoms with van der Waals surface area (Å²) < 4.78 is 5.89. The number of aryl methyl sites for hydroxylation is 1. The van der Waals surface area contributed by atoms with Gasteiger partial charge in [0.2, 0.25) is 0 Å². The molecule has 0 fully saturated rings.